The number of alkyl carbamates (subject to hydrolysis) is 1. The number of ether oxygens (including phenoxy) is 1. The maximum atomic E-state index is 14.2. The molecule has 6 aromatic rings. The van der Waals surface area contributed by atoms with Crippen LogP contribution in [-0.2, 0) is 20.7 Å². The molecule has 8 rings (SSSR count). The largest absolute Gasteiger partial charge is 0.453 e. The van der Waals surface area contributed by atoms with Crippen molar-refractivity contribution in [3.8, 4) is 33.6 Å². The Balaban J connectivity index is 0.924. The average molecular weight is 820 g/mol. The number of aromatic nitrogens is 5. The maximum absolute atomic E-state index is 14.2. The minimum atomic E-state index is -0.804. The van der Waals surface area contributed by atoms with Crippen LogP contribution in [-0.4, -0.2) is 96.9 Å². The molecule has 5 heterocycles. The van der Waals surface area contributed by atoms with E-state index in [-0.39, 0.29) is 29.9 Å². The average Bonchev–Trinajstić information content (AvgIpc) is 4.16. The standard InChI is InChI=1S/C48H53N9O4/c1-4-55(5-2)43(37-13-7-6-8-14-37)47(59)57-27-11-16-42(57)45-51-31-40(53-45)36-23-19-34(20-24-36)33-17-21-35(22-18-33)39-30-50-44(52-39)41-15-10-26-56(41)46(58)38(54-48(60)61-3)28-32-12-9-25-49-29-32/h6-9,12-14,17-25,29-31,38,41-43H,4-5,10-11,15-16,26-28H2,1-3H3,(H,50,52)(H,51,53)(H,54,60)/t38-,41-,42-,43+/m0/s1. The van der Waals surface area contributed by atoms with E-state index in [4.69, 9.17) is 14.7 Å². The van der Waals surface area contributed by atoms with E-state index in [0.29, 0.717) is 25.3 Å². The van der Waals surface area contributed by atoms with Crippen molar-refractivity contribution in [2.75, 3.05) is 33.3 Å². The molecule has 2 fully saturated rings. The Labute approximate surface area is 356 Å². The summed E-state index contributed by atoms with van der Waals surface area (Å²) in [4.78, 5) is 67.1. The minimum absolute atomic E-state index is 0.100. The van der Waals surface area contributed by atoms with Crippen LogP contribution in [0.25, 0.3) is 33.6 Å². The molecule has 3 aromatic heterocycles. The Morgan fingerprint density at radius 1 is 0.721 bits per heavy atom. The number of rotatable bonds is 14. The number of nitrogens with zero attached hydrogens (tertiary/aromatic N) is 6. The van der Waals surface area contributed by atoms with Crippen molar-refractivity contribution >= 4 is 17.9 Å². The predicted octanol–water partition coefficient (Wildman–Crippen LogP) is 7.91. The fraction of sp³-hybridized carbons (Fsp3) is 0.333. The van der Waals surface area contributed by atoms with Crippen molar-refractivity contribution in [1.82, 2.24) is 44.9 Å². The van der Waals surface area contributed by atoms with Crippen molar-refractivity contribution in [2.45, 2.75) is 70.1 Å². The van der Waals surface area contributed by atoms with Gasteiger partial charge in [0.2, 0.25) is 11.8 Å². The van der Waals surface area contributed by atoms with Crippen LogP contribution in [0.3, 0.4) is 0 Å². The van der Waals surface area contributed by atoms with Crippen LogP contribution in [0, 0.1) is 0 Å². The van der Waals surface area contributed by atoms with Crippen molar-refractivity contribution in [1.29, 1.82) is 0 Å². The van der Waals surface area contributed by atoms with Gasteiger partial charge in [-0.15, -0.1) is 0 Å². The third kappa shape index (κ3) is 8.97. The number of carbonyl (C=O) groups excluding carboxylic acids is 3. The fourth-order valence-corrected chi connectivity index (χ4v) is 8.87. The zero-order valence-corrected chi connectivity index (χ0v) is 35.0. The Bertz CT molecular complexity index is 2400. The summed E-state index contributed by atoms with van der Waals surface area (Å²) in [5.41, 5.74) is 7.79. The van der Waals surface area contributed by atoms with Crippen LogP contribution >= 0.6 is 0 Å². The summed E-state index contributed by atoms with van der Waals surface area (Å²) in [7, 11) is 1.29. The lowest BCUT2D eigenvalue weighted by molar-refractivity contribution is -0.138. The summed E-state index contributed by atoms with van der Waals surface area (Å²) >= 11 is 0. The van der Waals surface area contributed by atoms with E-state index in [1.807, 2.05) is 47.6 Å². The number of H-pyrrole nitrogens is 2. The fourth-order valence-electron chi connectivity index (χ4n) is 8.87. The van der Waals surface area contributed by atoms with Gasteiger partial charge in [0.15, 0.2) is 0 Å². The number of imidazole rings is 2. The smallest absolute Gasteiger partial charge is 0.407 e. The number of likely N-dealkylation sites (tertiary alicyclic amines) is 2. The summed E-state index contributed by atoms with van der Waals surface area (Å²) in [6.45, 7) is 7.07. The highest BCUT2D eigenvalue weighted by atomic mass is 16.5. The molecule has 0 spiro atoms. The summed E-state index contributed by atoms with van der Waals surface area (Å²) in [5, 5.41) is 2.73. The number of aromatic amines is 2. The number of amides is 3. The molecule has 2 aliphatic heterocycles. The molecule has 2 aliphatic rings. The summed E-state index contributed by atoms with van der Waals surface area (Å²) in [5.74, 6) is 1.47. The van der Waals surface area contributed by atoms with Crippen LogP contribution < -0.4 is 5.32 Å². The number of carbonyl (C=O) groups is 3. The highest BCUT2D eigenvalue weighted by Gasteiger charge is 2.39. The second-order valence-corrected chi connectivity index (χ2v) is 15.7. The van der Waals surface area contributed by atoms with Gasteiger partial charge in [0.05, 0.1) is 43.0 Å². The molecule has 2 saturated heterocycles. The van der Waals surface area contributed by atoms with E-state index in [0.717, 1.165) is 89.4 Å². The Morgan fingerprint density at radius 2 is 1.26 bits per heavy atom. The van der Waals surface area contributed by atoms with E-state index in [9.17, 15) is 14.4 Å². The molecule has 13 heteroatoms. The molecule has 0 radical (unpaired) electrons. The number of likely N-dealkylation sites (N-methyl/N-ethyl adjacent to an activating group) is 1. The molecule has 0 bridgehead atoms. The Hall–Kier alpha value is -6.60. The number of benzene rings is 3. The zero-order valence-electron chi connectivity index (χ0n) is 35.0. The lowest BCUT2D eigenvalue weighted by Gasteiger charge is -2.34. The first-order valence-electron chi connectivity index (χ1n) is 21.3. The van der Waals surface area contributed by atoms with Crippen LogP contribution in [0.1, 0.15) is 80.4 Å². The predicted molar refractivity (Wildman–Crippen MR) is 234 cm³/mol. The van der Waals surface area contributed by atoms with Gasteiger partial charge < -0.3 is 29.8 Å². The molecular formula is C48H53N9O4. The van der Waals surface area contributed by atoms with Gasteiger partial charge in [0.25, 0.3) is 0 Å². The van der Waals surface area contributed by atoms with Gasteiger partial charge in [-0.3, -0.25) is 19.5 Å². The van der Waals surface area contributed by atoms with Gasteiger partial charge in [0, 0.05) is 31.9 Å². The monoisotopic (exact) mass is 819 g/mol. The van der Waals surface area contributed by atoms with Gasteiger partial charge in [0.1, 0.15) is 23.7 Å². The molecule has 13 nitrogen and oxygen atoms in total. The van der Waals surface area contributed by atoms with Gasteiger partial charge in [-0.05, 0) is 78.2 Å². The number of pyridine rings is 1. The molecule has 0 aliphatic carbocycles. The van der Waals surface area contributed by atoms with Gasteiger partial charge in [-0.1, -0.05) is 98.8 Å². The van der Waals surface area contributed by atoms with Crippen LogP contribution in [0.5, 0.6) is 0 Å². The molecule has 314 valence electrons. The van der Waals surface area contributed by atoms with E-state index in [2.05, 4.69) is 99.7 Å². The first kappa shape index (κ1) is 41.1. The highest BCUT2D eigenvalue weighted by molar-refractivity contribution is 5.87. The molecule has 0 unspecified atom stereocenters. The molecule has 61 heavy (non-hydrogen) atoms. The summed E-state index contributed by atoms with van der Waals surface area (Å²) in [6.07, 6.45) is 10.1. The second-order valence-electron chi connectivity index (χ2n) is 15.7. The van der Waals surface area contributed by atoms with Crippen LogP contribution in [0.2, 0.25) is 0 Å². The van der Waals surface area contributed by atoms with Crippen molar-refractivity contribution < 1.29 is 19.1 Å². The van der Waals surface area contributed by atoms with Gasteiger partial charge in [-0.2, -0.15) is 0 Å². The SMILES string of the molecule is CCN(CC)[C@@H](C(=O)N1CCC[C@H]1c1ncc(-c2ccc(-c3ccc(-c4cnc([C@@H]5CCCN5C(=O)[C@H](Cc5cccnc5)NC(=O)OC)[nH]4)cc3)cc2)[nH]1)c1ccccc1. The van der Waals surface area contributed by atoms with Crippen LogP contribution in [0.4, 0.5) is 4.79 Å². The van der Waals surface area contributed by atoms with Crippen molar-refractivity contribution in [3.05, 3.63) is 139 Å². The minimum Gasteiger partial charge on any atom is -0.453 e. The quantitative estimate of drug-likeness (QED) is 0.100. The number of hydrogen-bond acceptors (Lipinski definition) is 8. The lowest BCUT2D eigenvalue weighted by Crippen LogP contribution is -2.49. The van der Waals surface area contributed by atoms with E-state index in [1.165, 1.54) is 7.11 Å². The number of methoxy groups -OCH3 is 1. The molecular weight excluding hydrogens is 767 g/mol. The first-order chi connectivity index (χ1) is 29.8. The van der Waals surface area contributed by atoms with Crippen molar-refractivity contribution in [3.63, 3.8) is 0 Å². The molecule has 3 amide bonds. The first-order valence-corrected chi connectivity index (χ1v) is 21.3. The van der Waals surface area contributed by atoms with E-state index >= 15 is 0 Å². The third-order valence-corrected chi connectivity index (χ3v) is 12.1. The second kappa shape index (κ2) is 18.8. The topological polar surface area (TPSA) is 152 Å². The molecule has 3 N–H and O–H groups in total. The Kier molecular flexibility index (Phi) is 12.7. The maximum Gasteiger partial charge on any atom is 0.407 e. The van der Waals surface area contributed by atoms with E-state index in [1.54, 1.807) is 17.3 Å². The Morgan fingerprint density at radius 3 is 1.77 bits per heavy atom. The van der Waals surface area contributed by atoms with Gasteiger partial charge >= 0.3 is 6.09 Å². The number of nitrogens with one attached hydrogen (secondary N) is 3. The molecule has 0 saturated carbocycles. The molecule has 3 aromatic carbocycles. The normalized spacial score (nSPS) is 17.4. The van der Waals surface area contributed by atoms with Crippen molar-refractivity contribution in [2.24, 2.45) is 0 Å². The van der Waals surface area contributed by atoms with Gasteiger partial charge in [-0.25, -0.2) is 14.8 Å². The summed E-state index contributed by atoms with van der Waals surface area (Å²) in [6, 6.07) is 29.1. The van der Waals surface area contributed by atoms with E-state index < -0.39 is 12.1 Å². The summed E-state index contributed by atoms with van der Waals surface area (Å²) < 4.78 is 4.84. The van der Waals surface area contributed by atoms with Crippen LogP contribution in [0.15, 0.2) is 116 Å². The molecule has 4 atom stereocenters. The number of hydrogen-bond donors (Lipinski definition) is 3. The zero-order chi connectivity index (χ0) is 42.3. The highest BCUT2D eigenvalue weighted by Crippen LogP contribution is 2.37. The lowest BCUT2D eigenvalue weighted by atomic mass is 10.0. The third-order valence-electron chi connectivity index (χ3n) is 12.1.